The Morgan fingerprint density at radius 2 is 1.54 bits per heavy atom. The van der Waals surface area contributed by atoms with Crippen molar-refractivity contribution in [3.05, 3.63) is 48.5 Å². The molecule has 216 valence electrons. The second kappa shape index (κ2) is 15.7. The van der Waals surface area contributed by atoms with Gasteiger partial charge in [-0.3, -0.25) is 4.79 Å². The largest absolute Gasteiger partial charge is 0.400 e. The van der Waals surface area contributed by atoms with E-state index in [4.69, 9.17) is 2.80 Å². The van der Waals surface area contributed by atoms with Crippen LogP contribution in [0.15, 0.2) is 63.7 Å². The van der Waals surface area contributed by atoms with Gasteiger partial charge in [-0.25, -0.2) is 8.42 Å². The van der Waals surface area contributed by atoms with Crippen LogP contribution in [0.4, 0.5) is 17.1 Å². The molecule has 1 aliphatic rings. The molecule has 1 heterocycles. The molecule has 39 heavy (non-hydrogen) atoms. The first-order valence-electron chi connectivity index (χ1n) is 14.4. The first-order chi connectivity index (χ1) is 19.6. The molecule has 0 aromatic heterocycles. The maximum absolute atomic E-state index is 12.7. The van der Waals surface area contributed by atoms with Gasteiger partial charge in [-0.15, -0.1) is 0 Å². The number of amides is 1. The number of sulfone groups is 1. The number of rotatable bonds is 12. The van der Waals surface area contributed by atoms with Crippen molar-refractivity contribution in [1.82, 2.24) is 4.90 Å². The molecule has 9 nitrogen and oxygen atoms in total. The van der Waals surface area contributed by atoms with E-state index >= 15 is 0 Å². The predicted molar refractivity (Wildman–Crippen MR) is 156 cm³/mol. The van der Waals surface area contributed by atoms with Crippen molar-refractivity contribution < 1.29 is 24.8 Å². The third-order valence-electron chi connectivity index (χ3n) is 6.91. The fourth-order valence-electron chi connectivity index (χ4n) is 4.24. The van der Waals surface area contributed by atoms with E-state index in [2.05, 4.69) is 15.3 Å². The van der Waals surface area contributed by atoms with Crippen LogP contribution in [-0.4, -0.2) is 77.5 Å². The molecular weight excluding hydrogens is 516 g/mol. The molecule has 0 radical (unpaired) electrons. The van der Waals surface area contributed by atoms with E-state index in [1.54, 1.807) is 24.3 Å². The Labute approximate surface area is 236 Å². The molecule has 0 atom stereocenters. The van der Waals surface area contributed by atoms with Crippen LogP contribution in [0, 0.1) is 5.41 Å². The van der Waals surface area contributed by atoms with E-state index in [1.165, 1.54) is 7.11 Å². The van der Waals surface area contributed by atoms with Gasteiger partial charge in [0.25, 0.3) is 0 Å². The lowest BCUT2D eigenvalue weighted by Crippen LogP contribution is -2.43. The fraction of sp³-hybridized carbons (Fsp3) is 0.552. The normalized spacial score (nSPS) is 15.7. The molecule has 0 unspecified atom stereocenters. The summed E-state index contributed by atoms with van der Waals surface area (Å²) in [5.41, 5.74) is 2.02. The molecule has 2 N–H and O–H groups in total. The summed E-state index contributed by atoms with van der Waals surface area (Å²) in [6.07, 6.45) is 4.63. The molecule has 0 aliphatic carbocycles. The van der Waals surface area contributed by atoms with Gasteiger partial charge in [0.2, 0.25) is 7.34 Å². The van der Waals surface area contributed by atoms with Gasteiger partial charge in [0.15, 0.2) is 9.84 Å². The van der Waals surface area contributed by atoms with Gasteiger partial charge in [0.1, 0.15) is 0 Å². The Balaban J connectivity index is 0.00000187. The summed E-state index contributed by atoms with van der Waals surface area (Å²) in [6.45, 7) is 1.39. The standard InChI is InChI=1S/C28H40N4O4S.CH4O/c1-28(22-33)17-19-32(20-18-28)27(34)8-6-4-5-7-21-37(35,36)26-15-11-24(12-16-26)30-29-23-9-13-25(14-10-23)31(2)3;1-2/h9-16,33H,4-8,17-22H2,1-3H3;2H,1H3/i1T;2T. The lowest BCUT2D eigenvalue weighted by atomic mass is 9.81. The lowest BCUT2D eigenvalue weighted by molar-refractivity contribution is -0.134. The van der Waals surface area contributed by atoms with Crippen molar-refractivity contribution in [3.63, 3.8) is 0 Å². The number of aliphatic hydroxyl groups excluding tert-OH is 2. The summed E-state index contributed by atoms with van der Waals surface area (Å²) in [6, 6.07) is 14.1. The summed E-state index contributed by atoms with van der Waals surface area (Å²) >= 11 is 0. The average Bonchev–Trinajstić information content (AvgIpc) is 2.98. The monoisotopic (exact) mass is 564 g/mol. The highest BCUT2D eigenvalue weighted by atomic mass is 32.2. The van der Waals surface area contributed by atoms with Crippen molar-refractivity contribution in [3.8, 4) is 0 Å². The van der Waals surface area contributed by atoms with E-state index in [9.17, 15) is 18.3 Å². The number of aliphatic hydroxyl groups is 2. The van der Waals surface area contributed by atoms with E-state index in [1.807, 2.05) is 48.2 Å². The number of hydrogen-bond acceptors (Lipinski definition) is 8. The van der Waals surface area contributed by atoms with Gasteiger partial charge in [-0.2, -0.15) is 10.2 Å². The summed E-state index contributed by atoms with van der Waals surface area (Å²) < 4.78 is 38.8. The molecule has 1 aliphatic heterocycles. The average molecular weight is 565 g/mol. The van der Waals surface area contributed by atoms with Crippen molar-refractivity contribution in [2.45, 2.75) is 56.7 Å². The number of unbranched alkanes of at least 4 members (excludes halogenated alkanes) is 3. The van der Waals surface area contributed by atoms with Crippen LogP contribution in [0.2, 0.25) is 0 Å². The maximum Gasteiger partial charge on any atom is 0.222 e. The van der Waals surface area contributed by atoms with Gasteiger partial charge in [-0.05, 0) is 79.6 Å². The van der Waals surface area contributed by atoms with E-state index in [0.717, 1.165) is 30.6 Å². The lowest BCUT2D eigenvalue weighted by Gasteiger charge is -2.38. The van der Waals surface area contributed by atoms with Gasteiger partial charge in [0.05, 0.1) is 22.0 Å². The topological polar surface area (TPSA) is 123 Å². The number of anilines is 1. The third-order valence-corrected chi connectivity index (χ3v) is 8.73. The highest BCUT2D eigenvalue weighted by Gasteiger charge is 2.30. The second-order valence-corrected chi connectivity index (χ2v) is 12.2. The van der Waals surface area contributed by atoms with E-state index < -0.39 is 9.84 Å². The van der Waals surface area contributed by atoms with Crippen molar-refractivity contribution in [1.29, 1.82) is 1.43 Å². The number of azo groups is 1. The van der Waals surface area contributed by atoms with E-state index in [0.29, 0.717) is 44.5 Å². The Morgan fingerprint density at radius 3 is 2.05 bits per heavy atom. The smallest absolute Gasteiger partial charge is 0.222 e. The molecule has 1 fully saturated rings. The van der Waals surface area contributed by atoms with Crippen LogP contribution in [0.25, 0.3) is 0 Å². The minimum absolute atomic E-state index is 0.00311. The highest BCUT2D eigenvalue weighted by molar-refractivity contribution is 7.91. The minimum Gasteiger partial charge on any atom is -0.400 e. The SMILES string of the molecule is [3H]CC1(CO)CCN(C(=O)CCCCCCS(=O)(=O)c2ccc(N=Nc3ccc(N(C)C)cc3)cc2)CC1.[3H]OC. The summed E-state index contributed by atoms with van der Waals surface area (Å²) in [4.78, 5) is 16.6. The quantitative estimate of drug-likeness (QED) is 0.272. The first kappa shape index (κ1) is 29.2. The number of likely N-dealkylation sites (tertiary alicyclic amines) is 1. The van der Waals surface area contributed by atoms with Crippen LogP contribution in [0.5, 0.6) is 0 Å². The highest BCUT2D eigenvalue weighted by Crippen LogP contribution is 2.30. The predicted octanol–water partition coefficient (Wildman–Crippen LogP) is 5.12. The second-order valence-electron chi connectivity index (χ2n) is 10.1. The number of carbonyl (C=O) groups excluding carboxylic acids is 1. The zero-order chi connectivity index (χ0) is 30.3. The van der Waals surface area contributed by atoms with Crippen molar-refractivity contribution >= 4 is 32.8 Å². The molecule has 1 amide bonds. The molecule has 10 heteroatoms. The number of piperidine rings is 1. The molecule has 1 saturated heterocycles. The number of benzene rings is 2. The molecule has 0 spiro atoms. The maximum atomic E-state index is 12.7. The number of nitrogens with zero attached hydrogens (tertiary/aromatic N) is 4. The Bertz CT molecular complexity index is 1180. The summed E-state index contributed by atoms with van der Waals surface area (Å²) in [5.74, 6) is 0.180. The van der Waals surface area contributed by atoms with Gasteiger partial charge < -0.3 is 20.0 Å². The minimum atomic E-state index is -3.38. The first-order valence-corrected chi connectivity index (χ1v) is 14.9. The molecule has 2 aromatic carbocycles. The summed E-state index contributed by atoms with van der Waals surface area (Å²) in [7, 11) is 1.85. The molecule has 0 saturated carbocycles. The van der Waals surface area contributed by atoms with Gasteiger partial charge in [-0.1, -0.05) is 19.7 Å². The number of carbonyl (C=O) groups is 1. The summed E-state index contributed by atoms with van der Waals surface area (Å²) in [5, 5.41) is 21.5. The molecule has 3 rings (SSSR count). The van der Waals surface area contributed by atoms with Gasteiger partial charge >= 0.3 is 0 Å². The van der Waals surface area contributed by atoms with Crippen LogP contribution in [0.1, 0.15) is 53.2 Å². The molecule has 2 aromatic rings. The fourth-order valence-corrected chi connectivity index (χ4v) is 5.61. The third kappa shape index (κ3) is 10.3. The zero-order valence-electron chi connectivity index (χ0n) is 25.4. The van der Waals surface area contributed by atoms with Crippen molar-refractivity contribution in [2.75, 3.05) is 51.6 Å². The van der Waals surface area contributed by atoms with E-state index in [-0.39, 0.29) is 35.5 Å². The number of hydrogen-bond donors (Lipinski definition) is 2. The Morgan fingerprint density at radius 1 is 1.00 bits per heavy atom. The zero-order valence-corrected chi connectivity index (χ0v) is 24.2. The van der Waals surface area contributed by atoms with Crippen LogP contribution in [0.3, 0.4) is 0 Å². The molecule has 0 bridgehead atoms. The van der Waals surface area contributed by atoms with Crippen LogP contribution >= 0.6 is 0 Å². The molecular formula is C29H44N4O5S. The Kier molecular flexibility index (Phi) is 11.7. The van der Waals surface area contributed by atoms with Gasteiger partial charge in [0, 0.05) is 54.4 Å². The van der Waals surface area contributed by atoms with Crippen molar-refractivity contribution in [2.24, 2.45) is 15.6 Å². The Hall–Kier alpha value is -2.82. The van der Waals surface area contributed by atoms with Crippen LogP contribution < -0.4 is 4.90 Å². The van der Waals surface area contributed by atoms with Crippen LogP contribution in [-0.2, 0) is 14.6 Å².